The van der Waals surface area contributed by atoms with Crippen LogP contribution >= 0.6 is 0 Å². The Kier molecular flexibility index (Phi) is 6.92. The zero-order valence-corrected chi connectivity index (χ0v) is 19.6. The zero-order valence-electron chi connectivity index (χ0n) is 19.6. The van der Waals surface area contributed by atoms with Crippen molar-refractivity contribution in [3.05, 3.63) is 89.0 Å². The summed E-state index contributed by atoms with van der Waals surface area (Å²) in [6.07, 6.45) is -6.05. The van der Waals surface area contributed by atoms with Crippen molar-refractivity contribution in [3.8, 4) is 16.9 Å². The first-order valence-corrected chi connectivity index (χ1v) is 11.2. The summed E-state index contributed by atoms with van der Waals surface area (Å²) in [5.74, 6) is -0.677. The number of aliphatic carboxylic acids is 1. The van der Waals surface area contributed by atoms with E-state index in [0.717, 1.165) is 17.7 Å². The van der Waals surface area contributed by atoms with Crippen molar-refractivity contribution in [3.63, 3.8) is 0 Å². The largest absolute Gasteiger partial charge is 0.496 e. The number of alkyl halides is 3. The van der Waals surface area contributed by atoms with E-state index in [0.29, 0.717) is 22.4 Å². The van der Waals surface area contributed by atoms with Crippen molar-refractivity contribution in [1.82, 2.24) is 4.90 Å². The molecule has 6 nitrogen and oxygen atoms in total. The van der Waals surface area contributed by atoms with E-state index in [1.165, 1.54) is 18.1 Å². The number of hydrogen-bond acceptors (Lipinski definition) is 4. The number of rotatable bonds is 7. The van der Waals surface area contributed by atoms with Crippen LogP contribution in [0.1, 0.15) is 35.3 Å². The van der Waals surface area contributed by atoms with Crippen LogP contribution in [0.15, 0.2) is 66.7 Å². The highest BCUT2D eigenvalue weighted by atomic mass is 19.4. The van der Waals surface area contributed by atoms with Crippen LogP contribution in [0.25, 0.3) is 11.1 Å². The van der Waals surface area contributed by atoms with Crippen molar-refractivity contribution in [1.29, 1.82) is 0 Å². The maximum atomic E-state index is 13.6. The number of benzene rings is 3. The molecule has 1 amide bonds. The van der Waals surface area contributed by atoms with Gasteiger partial charge < -0.3 is 14.6 Å². The number of nitrogens with zero attached hydrogens (tertiary/aromatic N) is 1. The first-order chi connectivity index (χ1) is 17.1. The number of carbonyl (C=O) groups excluding carboxylic acids is 1. The lowest BCUT2D eigenvalue weighted by Gasteiger charge is -2.24. The van der Waals surface area contributed by atoms with Crippen LogP contribution in [0, 0.1) is 0 Å². The third-order valence-corrected chi connectivity index (χ3v) is 6.20. The summed E-state index contributed by atoms with van der Waals surface area (Å²) in [5, 5.41) is 9.19. The van der Waals surface area contributed by atoms with Crippen LogP contribution < -0.4 is 4.74 Å². The highest BCUT2D eigenvalue weighted by Crippen LogP contribution is 2.40. The van der Waals surface area contributed by atoms with E-state index in [1.54, 1.807) is 25.1 Å². The maximum absolute atomic E-state index is 13.6. The quantitative estimate of drug-likeness (QED) is 0.426. The van der Waals surface area contributed by atoms with Gasteiger partial charge in [0.05, 0.1) is 31.7 Å². The van der Waals surface area contributed by atoms with Crippen molar-refractivity contribution in [2.24, 2.45) is 0 Å². The molecule has 0 bridgehead atoms. The Balaban J connectivity index is 1.78. The number of halogens is 3. The molecule has 3 aromatic carbocycles. The van der Waals surface area contributed by atoms with Crippen LogP contribution in [0.3, 0.4) is 0 Å². The highest BCUT2D eigenvalue weighted by Gasteiger charge is 2.40. The Labute approximate surface area is 205 Å². The molecule has 1 heterocycles. The van der Waals surface area contributed by atoms with Gasteiger partial charge in [-0.05, 0) is 53.4 Å². The van der Waals surface area contributed by atoms with Crippen molar-refractivity contribution in [2.45, 2.75) is 38.2 Å². The molecule has 1 saturated heterocycles. The second-order valence-corrected chi connectivity index (χ2v) is 8.56. The van der Waals surface area contributed by atoms with Gasteiger partial charge in [0.2, 0.25) is 0 Å². The Morgan fingerprint density at radius 3 is 2.42 bits per heavy atom. The van der Waals surface area contributed by atoms with Gasteiger partial charge in [-0.25, -0.2) is 4.79 Å². The lowest BCUT2D eigenvalue weighted by molar-refractivity contribution is -0.138. The van der Waals surface area contributed by atoms with Gasteiger partial charge in [-0.3, -0.25) is 9.69 Å². The lowest BCUT2D eigenvalue weighted by atomic mass is 9.94. The molecule has 0 spiro atoms. The molecule has 2 unspecified atom stereocenters. The monoisotopic (exact) mass is 499 g/mol. The van der Waals surface area contributed by atoms with Crippen LogP contribution in [0.2, 0.25) is 0 Å². The first-order valence-electron chi connectivity index (χ1n) is 11.2. The summed E-state index contributed by atoms with van der Waals surface area (Å²) in [6, 6.07) is 16.7. The van der Waals surface area contributed by atoms with Crippen LogP contribution in [-0.2, 0) is 28.7 Å². The maximum Gasteiger partial charge on any atom is 0.416 e. The normalized spacial score (nSPS) is 17.7. The van der Waals surface area contributed by atoms with Gasteiger partial charge in [-0.1, -0.05) is 42.5 Å². The molecule has 36 heavy (non-hydrogen) atoms. The van der Waals surface area contributed by atoms with E-state index in [9.17, 15) is 27.9 Å². The zero-order chi connectivity index (χ0) is 26.0. The predicted molar refractivity (Wildman–Crippen MR) is 125 cm³/mol. The number of carboxylic acids is 1. The van der Waals surface area contributed by atoms with E-state index in [-0.39, 0.29) is 18.5 Å². The molecule has 0 radical (unpaired) electrons. The fraction of sp³-hybridized carbons (Fsp3) is 0.259. The molecule has 1 aliphatic heterocycles. The summed E-state index contributed by atoms with van der Waals surface area (Å²) >= 11 is 0. The fourth-order valence-electron chi connectivity index (χ4n) is 4.40. The Morgan fingerprint density at radius 2 is 1.78 bits per heavy atom. The van der Waals surface area contributed by atoms with E-state index in [4.69, 9.17) is 9.47 Å². The SMILES string of the molecule is COc1ccc(CC(=O)O)cc1-c1ccc(C(F)(F)F)cc1CN1C(=O)OC(c2ccccc2)C1C. The van der Waals surface area contributed by atoms with Crippen molar-refractivity contribution >= 4 is 12.1 Å². The van der Waals surface area contributed by atoms with Gasteiger partial charge >= 0.3 is 18.2 Å². The smallest absolute Gasteiger partial charge is 0.416 e. The van der Waals surface area contributed by atoms with E-state index >= 15 is 0 Å². The van der Waals surface area contributed by atoms with Gasteiger partial charge in [0, 0.05) is 5.56 Å². The third kappa shape index (κ3) is 5.15. The molecule has 0 aliphatic carbocycles. The van der Waals surface area contributed by atoms with Crippen LogP contribution in [-0.4, -0.2) is 35.2 Å². The summed E-state index contributed by atoms with van der Waals surface area (Å²) in [7, 11) is 1.42. The minimum absolute atomic E-state index is 0.144. The van der Waals surface area contributed by atoms with E-state index in [2.05, 4.69) is 0 Å². The topological polar surface area (TPSA) is 76.1 Å². The van der Waals surface area contributed by atoms with Crippen LogP contribution in [0.4, 0.5) is 18.0 Å². The van der Waals surface area contributed by atoms with Crippen molar-refractivity contribution < 1.29 is 37.3 Å². The highest BCUT2D eigenvalue weighted by molar-refractivity contribution is 5.78. The summed E-state index contributed by atoms with van der Waals surface area (Å²) in [4.78, 5) is 25.4. The molecule has 2 atom stereocenters. The summed E-state index contributed by atoms with van der Waals surface area (Å²) < 4.78 is 51.8. The van der Waals surface area contributed by atoms with Crippen molar-refractivity contribution in [2.75, 3.05) is 7.11 Å². The second-order valence-electron chi connectivity index (χ2n) is 8.56. The Hall–Kier alpha value is -4.01. The number of methoxy groups -OCH3 is 1. The minimum atomic E-state index is -4.59. The van der Waals surface area contributed by atoms with Gasteiger partial charge in [0.1, 0.15) is 11.9 Å². The summed E-state index contributed by atoms with van der Waals surface area (Å²) in [6.45, 7) is 1.64. The standard InChI is InChI=1S/C27H24F3NO5/c1-16-25(18-6-4-3-5-7-18)36-26(34)31(16)15-19-14-20(27(28,29)30)9-10-21(19)22-12-17(13-24(32)33)8-11-23(22)35-2/h3-12,14,16,25H,13,15H2,1-2H3,(H,32,33). The van der Waals surface area contributed by atoms with Gasteiger partial charge in [-0.15, -0.1) is 0 Å². The Morgan fingerprint density at radius 1 is 1.06 bits per heavy atom. The number of carboxylic acid groups (broad SMARTS) is 1. The number of hydrogen-bond donors (Lipinski definition) is 1. The number of ether oxygens (including phenoxy) is 2. The molecule has 1 aliphatic rings. The molecule has 0 aromatic heterocycles. The van der Waals surface area contributed by atoms with Crippen LogP contribution in [0.5, 0.6) is 5.75 Å². The van der Waals surface area contributed by atoms with Gasteiger partial charge in [0.15, 0.2) is 0 Å². The second kappa shape index (κ2) is 9.93. The molecule has 188 valence electrons. The molecule has 1 fully saturated rings. The molecule has 1 N–H and O–H groups in total. The lowest BCUT2D eigenvalue weighted by Crippen LogP contribution is -2.31. The van der Waals surface area contributed by atoms with E-state index < -0.39 is 35.9 Å². The molecule has 0 saturated carbocycles. The third-order valence-electron chi connectivity index (χ3n) is 6.20. The van der Waals surface area contributed by atoms with Gasteiger partial charge in [-0.2, -0.15) is 13.2 Å². The molecule has 4 rings (SSSR count). The first kappa shape index (κ1) is 25.1. The molecular formula is C27H24F3NO5. The predicted octanol–water partition coefficient (Wildman–Crippen LogP) is 6.09. The average Bonchev–Trinajstić information content (AvgIpc) is 3.12. The average molecular weight is 499 g/mol. The van der Waals surface area contributed by atoms with Gasteiger partial charge in [0.25, 0.3) is 0 Å². The molecule has 3 aromatic rings. The minimum Gasteiger partial charge on any atom is -0.496 e. The molecule has 9 heteroatoms. The fourth-order valence-corrected chi connectivity index (χ4v) is 4.40. The summed E-state index contributed by atoms with van der Waals surface area (Å²) in [5.41, 5.74) is 1.44. The number of amides is 1. The number of carbonyl (C=O) groups is 2. The molecular weight excluding hydrogens is 475 g/mol. The number of cyclic esters (lactones) is 1. The Bertz CT molecular complexity index is 1280. The van der Waals surface area contributed by atoms with E-state index in [1.807, 2.05) is 30.3 Å².